The summed E-state index contributed by atoms with van der Waals surface area (Å²) >= 11 is 12.3. The van der Waals surface area contributed by atoms with Crippen LogP contribution in [-0.2, 0) is 0 Å². The maximum atomic E-state index is 12.7. The minimum absolute atomic E-state index is 0.0396. The Bertz CT molecular complexity index is 1080. The first-order valence-electron chi connectivity index (χ1n) is 9.44. The lowest BCUT2D eigenvalue weighted by Crippen LogP contribution is -2.38. The van der Waals surface area contributed by atoms with E-state index in [9.17, 15) is 9.59 Å². The van der Waals surface area contributed by atoms with Crippen molar-refractivity contribution >= 4 is 40.1 Å². The number of carbonyl (C=O) groups is 1. The van der Waals surface area contributed by atoms with Gasteiger partial charge in [-0.1, -0.05) is 55.2 Å². The first-order chi connectivity index (χ1) is 13.9. The highest BCUT2D eigenvalue weighted by Gasteiger charge is 2.22. The number of halogens is 2. The molecule has 1 amide bonds. The molecule has 5 nitrogen and oxygen atoms in total. The predicted molar refractivity (Wildman–Crippen MR) is 117 cm³/mol. The Hall–Kier alpha value is -2.34. The van der Waals surface area contributed by atoms with Gasteiger partial charge in [0.1, 0.15) is 5.58 Å². The van der Waals surface area contributed by atoms with Crippen LogP contribution in [0.3, 0.4) is 0 Å². The van der Waals surface area contributed by atoms with Crippen molar-refractivity contribution in [3.8, 4) is 0 Å². The summed E-state index contributed by atoms with van der Waals surface area (Å²) < 4.78 is 5.62. The van der Waals surface area contributed by atoms with Gasteiger partial charge in [-0.05, 0) is 42.9 Å². The van der Waals surface area contributed by atoms with Gasteiger partial charge in [-0.2, -0.15) is 0 Å². The molecule has 2 aromatic carbocycles. The quantitative estimate of drug-likeness (QED) is 0.575. The highest BCUT2D eigenvalue weighted by molar-refractivity contribution is 6.31. The lowest BCUT2D eigenvalue weighted by molar-refractivity contribution is 0.0908. The Balaban J connectivity index is 1.85. The molecule has 0 bridgehead atoms. The summed E-state index contributed by atoms with van der Waals surface area (Å²) in [5.41, 5.74) is 0.941. The van der Waals surface area contributed by atoms with Crippen molar-refractivity contribution < 1.29 is 9.21 Å². The Morgan fingerprint density at radius 1 is 1.10 bits per heavy atom. The zero-order chi connectivity index (χ0) is 21.0. The Kier molecular flexibility index (Phi) is 6.96. The molecule has 1 heterocycles. The number of benzene rings is 2. The molecule has 0 aliphatic carbocycles. The largest absolute Gasteiger partial charge is 0.451 e. The number of hydrogen-bond acceptors (Lipinski definition) is 4. The highest BCUT2D eigenvalue weighted by atomic mass is 35.5. The molecule has 0 radical (unpaired) electrons. The van der Waals surface area contributed by atoms with E-state index in [1.807, 2.05) is 24.3 Å². The second-order valence-electron chi connectivity index (χ2n) is 6.58. The third kappa shape index (κ3) is 4.81. The second-order valence-corrected chi connectivity index (χ2v) is 7.43. The molecule has 29 heavy (non-hydrogen) atoms. The van der Waals surface area contributed by atoms with Crippen LogP contribution >= 0.6 is 23.2 Å². The van der Waals surface area contributed by atoms with Crippen LogP contribution in [-0.4, -0.2) is 30.4 Å². The minimum atomic E-state index is -0.455. The van der Waals surface area contributed by atoms with Crippen molar-refractivity contribution in [1.29, 1.82) is 0 Å². The first kappa shape index (κ1) is 21.4. The summed E-state index contributed by atoms with van der Waals surface area (Å²) in [7, 11) is 0. The van der Waals surface area contributed by atoms with E-state index < -0.39 is 5.91 Å². The van der Waals surface area contributed by atoms with Gasteiger partial charge in [0.25, 0.3) is 5.91 Å². The van der Waals surface area contributed by atoms with Crippen LogP contribution in [0.2, 0.25) is 10.0 Å². The van der Waals surface area contributed by atoms with Crippen molar-refractivity contribution in [1.82, 2.24) is 10.2 Å². The van der Waals surface area contributed by atoms with Crippen LogP contribution in [0.1, 0.15) is 36.0 Å². The van der Waals surface area contributed by atoms with Gasteiger partial charge < -0.3 is 9.73 Å². The maximum Gasteiger partial charge on any atom is 0.287 e. The predicted octanol–water partition coefficient (Wildman–Crippen LogP) is 4.91. The number of nitrogens with zero attached hydrogens (tertiary/aromatic N) is 1. The molecule has 1 unspecified atom stereocenters. The van der Waals surface area contributed by atoms with Gasteiger partial charge in [0.15, 0.2) is 11.2 Å². The molecular formula is C22H22Cl2N2O3. The third-order valence-corrected chi connectivity index (χ3v) is 5.47. The molecule has 0 saturated heterocycles. The molecule has 152 valence electrons. The topological polar surface area (TPSA) is 62.6 Å². The number of fused-ring (bicyclic) bond motifs is 1. The van der Waals surface area contributed by atoms with Crippen molar-refractivity contribution in [3.05, 3.63) is 80.1 Å². The molecule has 1 N–H and O–H groups in total. The van der Waals surface area contributed by atoms with Gasteiger partial charge in [0.05, 0.1) is 11.4 Å². The van der Waals surface area contributed by atoms with E-state index in [1.54, 1.807) is 12.1 Å². The number of carbonyl (C=O) groups excluding carboxylic acids is 1. The zero-order valence-corrected chi connectivity index (χ0v) is 17.8. The fourth-order valence-corrected chi connectivity index (χ4v) is 3.80. The summed E-state index contributed by atoms with van der Waals surface area (Å²) in [6.07, 6.45) is 0. The average Bonchev–Trinajstić information content (AvgIpc) is 2.72. The standard InChI is InChI=1S/C22H22Cl2N2O3/c1-3-26(4-2)18(15-7-5-6-8-17(15)24)13-25-22(28)21-12-19(27)16-11-14(23)9-10-20(16)29-21/h5-12,18H,3-4,13H2,1-2H3,(H,25,28). The van der Waals surface area contributed by atoms with Crippen LogP contribution < -0.4 is 10.7 Å². The normalized spacial score (nSPS) is 12.3. The van der Waals surface area contributed by atoms with Crippen molar-refractivity contribution in [2.75, 3.05) is 19.6 Å². The SMILES string of the molecule is CCN(CC)C(CNC(=O)c1cc(=O)c2cc(Cl)ccc2o1)c1ccccc1Cl. The van der Waals surface area contributed by atoms with Crippen molar-refractivity contribution in [2.45, 2.75) is 19.9 Å². The van der Waals surface area contributed by atoms with Crippen LogP contribution in [0.5, 0.6) is 0 Å². The summed E-state index contributed by atoms with van der Waals surface area (Å²) in [6.45, 7) is 6.04. The molecule has 0 fully saturated rings. The van der Waals surface area contributed by atoms with E-state index in [-0.39, 0.29) is 17.2 Å². The van der Waals surface area contributed by atoms with Crippen LogP contribution in [0.15, 0.2) is 57.7 Å². The fourth-order valence-electron chi connectivity index (χ4n) is 3.36. The van der Waals surface area contributed by atoms with E-state index in [0.717, 1.165) is 18.7 Å². The summed E-state index contributed by atoms with van der Waals surface area (Å²) in [4.78, 5) is 27.3. The molecule has 7 heteroatoms. The van der Waals surface area contributed by atoms with E-state index >= 15 is 0 Å². The number of hydrogen-bond donors (Lipinski definition) is 1. The highest BCUT2D eigenvalue weighted by Crippen LogP contribution is 2.27. The van der Waals surface area contributed by atoms with Crippen LogP contribution in [0.4, 0.5) is 0 Å². The van der Waals surface area contributed by atoms with Gasteiger partial charge >= 0.3 is 0 Å². The number of rotatable bonds is 7. The number of amides is 1. The molecule has 0 saturated carbocycles. The van der Waals surface area contributed by atoms with E-state index in [2.05, 4.69) is 24.1 Å². The molecular weight excluding hydrogens is 411 g/mol. The molecule has 0 aliphatic heterocycles. The van der Waals surface area contributed by atoms with Crippen LogP contribution in [0.25, 0.3) is 11.0 Å². The second kappa shape index (κ2) is 9.44. The van der Waals surface area contributed by atoms with Crippen molar-refractivity contribution in [3.63, 3.8) is 0 Å². The molecule has 0 spiro atoms. The molecule has 3 aromatic rings. The summed E-state index contributed by atoms with van der Waals surface area (Å²) in [5.74, 6) is -0.495. The van der Waals surface area contributed by atoms with E-state index in [1.165, 1.54) is 12.1 Å². The molecule has 1 aromatic heterocycles. The van der Waals surface area contributed by atoms with Gasteiger partial charge in [0.2, 0.25) is 0 Å². The fraction of sp³-hybridized carbons (Fsp3) is 0.273. The number of likely N-dealkylation sites (N-methyl/N-ethyl adjacent to an activating group) is 1. The van der Waals surface area contributed by atoms with Gasteiger partial charge in [-0.25, -0.2) is 0 Å². The average molecular weight is 433 g/mol. The Morgan fingerprint density at radius 2 is 1.83 bits per heavy atom. The van der Waals surface area contributed by atoms with E-state index in [4.69, 9.17) is 27.6 Å². The van der Waals surface area contributed by atoms with E-state index in [0.29, 0.717) is 27.6 Å². The smallest absolute Gasteiger partial charge is 0.287 e. The Labute approximate surface area is 179 Å². The van der Waals surface area contributed by atoms with Gasteiger partial charge in [0, 0.05) is 22.7 Å². The molecule has 1 atom stereocenters. The molecule has 0 aliphatic rings. The Morgan fingerprint density at radius 3 is 2.52 bits per heavy atom. The minimum Gasteiger partial charge on any atom is -0.451 e. The third-order valence-electron chi connectivity index (χ3n) is 4.89. The zero-order valence-electron chi connectivity index (χ0n) is 16.2. The monoisotopic (exact) mass is 432 g/mol. The van der Waals surface area contributed by atoms with Gasteiger partial charge in [-0.15, -0.1) is 0 Å². The number of nitrogens with one attached hydrogen (secondary N) is 1. The summed E-state index contributed by atoms with van der Waals surface area (Å²) in [6, 6.07) is 13.4. The van der Waals surface area contributed by atoms with Gasteiger partial charge in [-0.3, -0.25) is 14.5 Å². The molecule has 3 rings (SSSR count). The first-order valence-corrected chi connectivity index (χ1v) is 10.2. The van der Waals surface area contributed by atoms with Crippen molar-refractivity contribution in [2.24, 2.45) is 0 Å². The lowest BCUT2D eigenvalue weighted by atomic mass is 10.0. The van der Waals surface area contributed by atoms with Crippen LogP contribution in [0, 0.1) is 0 Å². The lowest BCUT2D eigenvalue weighted by Gasteiger charge is -2.30. The summed E-state index contributed by atoms with van der Waals surface area (Å²) in [5, 5.41) is 4.30. The maximum absolute atomic E-state index is 12.7.